The van der Waals surface area contributed by atoms with E-state index in [1.54, 1.807) is 14.2 Å². The number of para-hydroxylation sites is 1. The minimum Gasteiger partial charge on any atom is -0.493 e. The van der Waals surface area contributed by atoms with Gasteiger partial charge in [0, 0.05) is 11.3 Å². The van der Waals surface area contributed by atoms with Crippen molar-refractivity contribution in [3.05, 3.63) is 109 Å². The fraction of sp³-hybridized carbons (Fsp3) is 0.125. The van der Waals surface area contributed by atoms with E-state index in [2.05, 4.69) is 32.9 Å². The zero-order valence-electron chi connectivity index (χ0n) is 22.9. The van der Waals surface area contributed by atoms with Gasteiger partial charge in [-0.05, 0) is 53.9 Å². The van der Waals surface area contributed by atoms with E-state index >= 15 is 0 Å². The Morgan fingerprint density at radius 1 is 0.805 bits per heavy atom. The van der Waals surface area contributed by atoms with Crippen molar-refractivity contribution in [1.29, 1.82) is 0 Å². The number of amides is 1. The molecule has 0 aliphatic heterocycles. The second kappa shape index (κ2) is 13.0. The van der Waals surface area contributed by atoms with Crippen molar-refractivity contribution in [2.75, 3.05) is 20.0 Å². The number of nitrogens with zero attached hydrogens (tertiary/aromatic N) is 4. The molecular formula is C32H29N5O3S. The van der Waals surface area contributed by atoms with E-state index in [1.807, 2.05) is 102 Å². The molecular weight excluding hydrogens is 534 g/mol. The van der Waals surface area contributed by atoms with Gasteiger partial charge in [-0.2, -0.15) is 5.10 Å². The van der Waals surface area contributed by atoms with Gasteiger partial charge in [0.05, 0.1) is 25.7 Å². The largest absolute Gasteiger partial charge is 0.493 e. The van der Waals surface area contributed by atoms with Crippen LogP contribution in [-0.2, 0) is 4.79 Å². The first-order chi connectivity index (χ1) is 20.1. The third-order valence-corrected chi connectivity index (χ3v) is 7.31. The molecule has 1 amide bonds. The molecule has 1 N–H and O–H groups in total. The number of rotatable bonds is 10. The molecule has 0 bridgehead atoms. The van der Waals surface area contributed by atoms with Crippen LogP contribution in [-0.4, -0.2) is 46.4 Å². The predicted molar refractivity (Wildman–Crippen MR) is 163 cm³/mol. The van der Waals surface area contributed by atoms with Crippen molar-refractivity contribution in [3.63, 3.8) is 0 Å². The summed E-state index contributed by atoms with van der Waals surface area (Å²) in [6.45, 7) is 1.87. The van der Waals surface area contributed by atoms with E-state index in [4.69, 9.17) is 9.47 Å². The number of nitrogens with one attached hydrogen (secondary N) is 1. The number of thioether (sulfide) groups is 1. The summed E-state index contributed by atoms with van der Waals surface area (Å²) in [5.74, 6) is 1.69. The second-order valence-corrected chi connectivity index (χ2v) is 9.95. The van der Waals surface area contributed by atoms with Gasteiger partial charge >= 0.3 is 0 Å². The first-order valence-corrected chi connectivity index (χ1v) is 13.9. The topological polar surface area (TPSA) is 90.6 Å². The summed E-state index contributed by atoms with van der Waals surface area (Å²) in [6.07, 6.45) is 0. The zero-order chi connectivity index (χ0) is 28.6. The van der Waals surface area contributed by atoms with Crippen LogP contribution in [0.15, 0.2) is 113 Å². The first kappa shape index (κ1) is 27.7. The Labute approximate surface area is 243 Å². The highest BCUT2D eigenvalue weighted by molar-refractivity contribution is 7.99. The van der Waals surface area contributed by atoms with Gasteiger partial charge in [0.25, 0.3) is 5.91 Å². The van der Waals surface area contributed by atoms with Crippen LogP contribution in [0.5, 0.6) is 11.5 Å². The molecule has 1 heterocycles. The Balaban J connectivity index is 1.30. The molecule has 8 nitrogen and oxygen atoms in total. The normalized spacial score (nSPS) is 11.2. The molecule has 5 rings (SSSR count). The highest BCUT2D eigenvalue weighted by atomic mass is 32.2. The summed E-state index contributed by atoms with van der Waals surface area (Å²) in [5.41, 5.74) is 8.25. The predicted octanol–water partition coefficient (Wildman–Crippen LogP) is 6.25. The van der Waals surface area contributed by atoms with Crippen LogP contribution in [0.4, 0.5) is 0 Å². The molecule has 0 aliphatic rings. The standard InChI is InChI=1S/C32H29N5O3S/c1-22(23-14-16-25(17-15-23)24-10-6-4-7-11-24)33-34-30(38)21-41-32-36-35-31(37(32)27-12-8-5-9-13-27)26-18-19-28(39-2)29(20-26)40-3/h4-20H,21H2,1-3H3,(H,34,38)/b33-22+. The summed E-state index contributed by atoms with van der Waals surface area (Å²) in [4.78, 5) is 12.7. The third-order valence-electron chi connectivity index (χ3n) is 6.38. The molecule has 1 aromatic heterocycles. The van der Waals surface area contributed by atoms with E-state index in [1.165, 1.54) is 11.8 Å². The van der Waals surface area contributed by atoms with Gasteiger partial charge in [-0.25, -0.2) is 5.43 Å². The highest BCUT2D eigenvalue weighted by Crippen LogP contribution is 2.34. The lowest BCUT2D eigenvalue weighted by Gasteiger charge is -2.12. The van der Waals surface area contributed by atoms with Crippen LogP contribution in [0.2, 0.25) is 0 Å². The molecule has 0 fully saturated rings. The van der Waals surface area contributed by atoms with Gasteiger partial charge in [0.1, 0.15) is 0 Å². The Hall–Kier alpha value is -4.89. The summed E-state index contributed by atoms with van der Waals surface area (Å²) in [7, 11) is 3.18. The van der Waals surface area contributed by atoms with Crippen molar-refractivity contribution in [2.45, 2.75) is 12.1 Å². The molecule has 0 aliphatic carbocycles. The molecule has 41 heavy (non-hydrogen) atoms. The average Bonchev–Trinajstić information content (AvgIpc) is 3.47. The molecule has 0 unspecified atom stereocenters. The zero-order valence-corrected chi connectivity index (χ0v) is 23.8. The van der Waals surface area contributed by atoms with E-state index < -0.39 is 0 Å². The molecule has 5 aromatic rings. The molecule has 0 saturated carbocycles. The number of hydrogen-bond donors (Lipinski definition) is 1. The van der Waals surface area contributed by atoms with Crippen LogP contribution in [0.25, 0.3) is 28.2 Å². The molecule has 0 atom stereocenters. The fourth-order valence-electron chi connectivity index (χ4n) is 4.24. The molecule has 9 heteroatoms. The average molecular weight is 564 g/mol. The Morgan fingerprint density at radius 3 is 2.12 bits per heavy atom. The van der Waals surface area contributed by atoms with Crippen molar-refractivity contribution in [3.8, 4) is 39.7 Å². The van der Waals surface area contributed by atoms with Crippen LogP contribution in [0.1, 0.15) is 12.5 Å². The first-order valence-electron chi connectivity index (χ1n) is 12.9. The fourth-order valence-corrected chi connectivity index (χ4v) is 4.99. The quantitative estimate of drug-likeness (QED) is 0.123. The number of hydrogen-bond acceptors (Lipinski definition) is 7. The number of hydrazone groups is 1. The number of carbonyl (C=O) groups is 1. The lowest BCUT2D eigenvalue weighted by molar-refractivity contribution is -0.118. The summed E-state index contributed by atoms with van der Waals surface area (Å²) in [6, 6.07) is 33.6. The Morgan fingerprint density at radius 2 is 1.44 bits per heavy atom. The van der Waals surface area contributed by atoms with E-state index in [-0.39, 0.29) is 11.7 Å². The van der Waals surface area contributed by atoms with Crippen LogP contribution >= 0.6 is 11.8 Å². The molecule has 0 spiro atoms. The maximum atomic E-state index is 12.7. The number of aromatic nitrogens is 3. The lowest BCUT2D eigenvalue weighted by Crippen LogP contribution is -2.21. The number of benzene rings is 4. The summed E-state index contributed by atoms with van der Waals surface area (Å²) < 4.78 is 12.8. The Bertz CT molecular complexity index is 1650. The van der Waals surface area contributed by atoms with Crippen LogP contribution < -0.4 is 14.9 Å². The monoisotopic (exact) mass is 563 g/mol. The van der Waals surface area contributed by atoms with Crippen molar-refractivity contribution >= 4 is 23.4 Å². The maximum absolute atomic E-state index is 12.7. The molecule has 206 valence electrons. The second-order valence-electron chi connectivity index (χ2n) is 9.01. The molecule has 0 saturated heterocycles. The van der Waals surface area contributed by atoms with Crippen molar-refractivity contribution in [1.82, 2.24) is 20.2 Å². The van der Waals surface area contributed by atoms with Gasteiger partial charge in [-0.1, -0.05) is 84.6 Å². The lowest BCUT2D eigenvalue weighted by atomic mass is 10.0. The van der Waals surface area contributed by atoms with Gasteiger partial charge in [0.15, 0.2) is 22.5 Å². The maximum Gasteiger partial charge on any atom is 0.250 e. The Kier molecular flexibility index (Phi) is 8.76. The number of carbonyl (C=O) groups excluding carboxylic acids is 1. The van der Waals surface area contributed by atoms with Gasteiger partial charge in [-0.15, -0.1) is 10.2 Å². The van der Waals surface area contributed by atoms with Crippen molar-refractivity contribution < 1.29 is 14.3 Å². The van der Waals surface area contributed by atoms with E-state index in [9.17, 15) is 4.79 Å². The molecule has 0 radical (unpaired) electrons. The SMILES string of the molecule is COc1ccc(-c2nnc(SCC(=O)N/N=C(\C)c3ccc(-c4ccccc4)cc3)n2-c2ccccc2)cc1OC. The van der Waals surface area contributed by atoms with Crippen LogP contribution in [0, 0.1) is 0 Å². The van der Waals surface area contributed by atoms with Gasteiger partial charge < -0.3 is 9.47 Å². The third kappa shape index (κ3) is 6.47. The van der Waals surface area contributed by atoms with E-state index in [0.717, 1.165) is 27.9 Å². The van der Waals surface area contributed by atoms with E-state index in [0.29, 0.717) is 28.2 Å². The number of ether oxygens (including phenoxy) is 2. The smallest absolute Gasteiger partial charge is 0.250 e. The minimum absolute atomic E-state index is 0.112. The highest BCUT2D eigenvalue weighted by Gasteiger charge is 2.19. The van der Waals surface area contributed by atoms with Gasteiger partial charge in [0.2, 0.25) is 0 Å². The summed E-state index contributed by atoms with van der Waals surface area (Å²) in [5, 5.41) is 13.7. The van der Waals surface area contributed by atoms with Gasteiger partial charge in [-0.3, -0.25) is 9.36 Å². The minimum atomic E-state index is -0.245. The molecule has 4 aromatic carbocycles. The number of methoxy groups -OCH3 is 2. The van der Waals surface area contributed by atoms with Crippen LogP contribution in [0.3, 0.4) is 0 Å². The summed E-state index contributed by atoms with van der Waals surface area (Å²) >= 11 is 1.28. The van der Waals surface area contributed by atoms with Crippen molar-refractivity contribution in [2.24, 2.45) is 5.10 Å².